The Hall–Kier alpha value is -1.38. The second-order valence-corrected chi connectivity index (χ2v) is 4.20. The number of carbonyl (C=O) groups excluding carboxylic acids is 1. The van der Waals surface area contributed by atoms with Crippen LogP contribution < -0.4 is 0 Å². The summed E-state index contributed by atoms with van der Waals surface area (Å²) in [7, 11) is 0. The fourth-order valence-electron chi connectivity index (χ4n) is 1.54. The van der Waals surface area contributed by atoms with E-state index in [1.165, 1.54) is 0 Å². The molecule has 3 heteroatoms. The Morgan fingerprint density at radius 3 is 2.56 bits per heavy atom. The Morgan fingerprint density at radius 2 is 2.06 bits per heavy atom. The van der Waals surface area contributed by atoms with Crippen molar-refractivity contribution in [1.82, 2.24) is 4.98 Å². The van der Waals surface area contributed by atoms with Crippen molar-refractivity contribution in [2.75, 3.05) is 6.61 Å². The Bertz CT molecular complexity index is 397. The lowest BCUT2D eigenvalue weighted by Crippen LogP contribution is -2.12. The van der Waals surface area contributed by atoms with Crippen molar-refractivity contribution in [1.29, 1.82) is 0 Å². The van der Waals surface area contributed by atoms with Crippen LogP contribution in [-0.2, 0) is 4.74 Å². The van der Waals surface area contributed by atoms with Gasteiger partial charge < -0.3 is 4.74 Å². The van der Waals surface area contributed by atoms with E-state index in [0.29, 0.717) is 12.2 Å². The van der Waals surface area contributed by atoms with Crippen molar-refractivity contribution in [2.45, 2.75) is 40.5 Å². The molecule has 0 amide bonds. The highest BCUT2D eigenvalue weighted by Gasteiger charge is 2.17. The molecule has 0 aromatic carbocycles. The quantitative estimate of drug-likeness (QED) is 0.736. The van der Waals surface area contributed by atoms with Gasteiger partial charge in [0.25, 0.3) is 0 Å². The molecule has 0 N–H and O–H groups in total. The molecule has 0 saturated heterocycles. The number of esters is 1. The lowest BCUT2D eigenvalue weighted by molar-refractivity contribution is 0.0524. The molecule has 0 aliphatic heterocycles. The van der Waals surface area contributed by atoms with Gasteiger partial charge in [-0.3, -0.25) is 4.98 Å². The van der Waals surface area contributed by atoms with Gasteiger partial charge in [0.05, 0.1) is 17.9 Å². The molecule has 88 valence electrons. The highest BCUT2D eigenvalue weighted by Crippen LogP contribution is 2.20. The van der Waals surface area contributed by atoms with E-state index in [-0.39, 0.29) is 11.9 Å². The highest BCUT2D eigenvalue weighted by atomic mass is 16.5. The normalized spacial score (nSPS) is 10.6. The Balaban J connectivity index is 3.24. The van der Waals surface area contributed by atoms with Gasteiger partial charge in [-0.2, -0.15) is 0 Å². The SMILES string of the molecule is CCOC(=O)c1cc(C)c(C)nc1C(C)C. The molecule has 1 aromatic rings. The van der Waals surface area contributed by atoms with Gasteiger partial charge in [0.15, 0.2) is 0 Å². The molecule has 0 radical (unpaired) electrons. The summed E-state index contributed by atoms with van der Waals surface area (Å²) in [6, 6.07) is 1.87. The molecule has 0 aliphatic rings. The second-order valence-electron chi connectivity index (χ2n) is 4.20. The Kier molecular flexibility index (Phi) is 4.05. The topological polar surface area (TPSA) is 39.2 Å². The average Bonchev–Trinajstić information content (AvgIpc) is 2.21. The highest BCUT2D eigenvalue weighted by molar-refractivity contribution is 5.91. The second kappa shape index (κ2) is 5.10. The summed E-state index contributed by atoms with van der Waals surface area (Å²) >= 11 is 0. The zero-order valence-corrected chi connectivity index (χ0v) is 10.6. The summed E-state index contributed by atoms with van der Waals surface area (Å²) in [4.78, 5) is 16.2. The van der Waals surface area contributed by atoms with Crippen molar-refractivity contribution in [3.05, 3.63) is 28.6 Å². The first-order valence-electron chi connectivity index (χ1n) is 5.62. The molecule has 0 saturated carbocycles. The third kappa shape index (κ3) is 2.60. The van der Waals surface area contributed by atoms with E-state index in [4.69, 9.17) is 4.74 Å². The van der Waals surface area contributed by atoms with Crippen LogP contribution in [0.1, 0.15) is 54.0 Å². The summed E-state index contributed by atoms with van der Waals surface area (Å²) in [6.07, 6.45) is 0. The monoisotopic (exact) mass is 221 g/mol. The molecule has 0 fully saturated rings. The third-order valence-corrected chi connectivity index (χ3v) is 2.54. The van der Waals surface area contributed by atoms with E-state index in [9.17, 15) is 4.79 Å². The molecular weight excluding hydrogens is 202 g/mol. The standard InChI is InChI=1S/C13H19NO2/c1-6-16-13(15)11-7-9(4)10(5)14-12(11)8(2)3/h7-8H,6H2,1-5H3. The van der Waals surface area contributed by atoms with Crippen LogP contribution >= 0.6 is 0 Å². The minimum atomic E-state index is -0.276. The van der Waals surface area contributed by atoms with Gasteiger partial charge in [0.1, 0.15) is 0 Å². The molecule has 0 aliphatic carbocycles. The summed E-state index contributed by atoms with van der Waals surface area (Å²) in [5.74, 6) is -0.0551. The van der Waals surface area contributed by atoms with Gasteiger partial charge in [-0.25, -0.2) is 4.79 Å². The number of ether oxygens (including phenoxy) is 1. The van der Waals surface area contributed by atoms with Crippen LogP contribution in [0, 0.1) is 13.8 Å². The third-order valence-electron chi connectivity index (χ3n) is 2.54. The number of aryl methyl sites for hydroxylation is 2. The summed E-state index contributed by atoms with van der Waals surface area (Å²) in [6.45, 7) is 10.2. The van der Waals surface area contributed by atoms with Crippen LogP contribution in [0.2, 0.25) is 0 Å². The molecule has 3 nitrogen and oxygen atoms in total. The van der Waals surface area contributed by atoms with E-state index in [2.05, 4.69) is 4.98 Å². The van der Waals surface area contributed by atoms with Crippen LogP contribution in [0.3, 0.4) is 0 Å². The lowest BCUT2D eigenvalue weighted by atomic mass is 10.0. The largest absolute Gasteiger partial charge is 0.462 e. The van der Waals surface area contributed by atoms with E-state index in [1.807, 2.05) is 33.8 Å². The van der Waals surface area contributed by atoms with E-state index in [0.717, 1.165) is 17.0 Å². The Labute approximate surface area is 96.8 Å². The Morgan fingerprint density at radius 1 is 1.44 bits per heavy atom. The zero-order chi connectivity index (χ0) is 12.3. The fourth-order valence-corrected chi connectivity index (χ4v) is 1.54. The van der Waals surface area contributed by atoms with Crippen molar-refractivity contribution in [3.63, 3.8) is 0 Å². The van der Waals surface area contributed by atoms with Crippen LogP contribution in [-0.4, -0.2) is 17.6 Å². The smallest absolute Gasteiger partial charge is 0.339 e. The summed E-state index contributed by atoms with van der Waals surface area (Å²) < 4.78 is 5.03. The van der Waals surface area contributed by atoms with Crippen molar-refractivity contribution in [3.8, 4) is 0 Å². The van der Waals surface area contributed by atoms with E-state index >= 15 is 0 Å². The molecule has 1 aromatic heterocycles. The molecule has 0 bridgehead atoms. The predicted octanol–water partition coefficient (Wildman–Crippen LogP) is 3.00. The number of rotatable bonds is 3. The molecule has 1 heterocycles. The molecule has 1 rings (SSSR count). The first-order chi connectivity index (χ1) is 7.47. The minimum Gasteiger partial charge on any atom is -0.462 e. The molecule has 16 heavy (non-hydrogen) atoms. The van der Waals surface area contributed by atoms with Gasteiger partial charge in [-0.15, -0.1) is 0 Å². The maximum atomic E-state index is 11.8. The molecule has 0 atom stereocenters. The maximum absolute atomic E-state index is 11.8. The van der Waals surface area contributed by atoms with Gasteiger partial charge in [-0.1, -0.05) is 13.8 Å². The van der Waals surface area contributed by atoms with E-state index in [1.54, 1.807) is 6.92 Å². The van der Waals surface area contributed by atoms with Gasteiger partial charge in [-0.05, 0) is 38.3 Å². The zero-order valence-electron chi connectivity index (χ0n) is 10.6. The van der Waals surface area contributed by atoms with Gasteiger partial charge in [0.2, 0.25) is 0 Å². The van der Waals surface area contributed by atoms with Crippen molar-refractivity contribution < 1.29 is 9.53 Å². The van der Waals surface area contributed by atoms with Crippen molar-refractivity contribution >= 4 is 5.97 Å². The van der Waals surface area contributed by atoms with Crippen LogP contribution in [0.15, 0.2) is 6.07 Å². The number of carbonyl (C=O) groups is 1. The molecule has 0 unspecified atom stereocenters. The number of hydrogen-bond acceptors (Lipinski definition) is 3. The van der Waals surface area contributed by atoms with Crippen LogP contribution in [0.4, 0.5) is 0 Å². The molecular formula is C13H19NO2. The first kappa shape index (κ1) is 12.7. The predicted molar refractivity (Wildman–Crippen MR) is 63.8 cm³/mol. The number of hydrogen-bond donors (Lipinski definition) is 0. The van der Waals surface area contributed by atoms with Crippen molar-refractivity contribution in [2.24, 2.45) is 0 Å². The van der Waals surface area contributed by atoms with Gasteiger partial charge in [0, 0.05) is 5.69 Å². The lowest BCUT2D eigenvalue weighted by Gasteiger charge is -2.13. The number of aromatic nitrogens is 1. The van der Waals surface area contributed by atoms with E-state index < -0.39 is 0 Å². The summed E-state index contributed by atoms with van der Waals surface area (Å²) in [5.41, 5.74) is 3.41. The van der Waals surface area contributed by atoms with Crippen LogP contribution in [0.5, 0.6) is 0 Å². The number of nitrogens with zero attached hydrogens (tertiary/aromatic N) is 1. The minimum absolute atomic E-state index is 0.221. The fraction of sp³-hybridized carbons (Fsp3) is 0.538. The summed E-state index contributed by atoms with van der Waals surface area (Å²) in [5, 5.41) is 0. The van der Waals surface area contributed by atoms with Crippen LogP contribution in [0.25, 0.3) is 0 Å². The first-order valence-corrected chi connectivity index (χ1v) is 5.62. The average molecular weight is 221 g/mol. The molecule has 0 spiro atoms. The number of pyridine rings is 1. The van der Waals surface area contributed by atoms with Gasteiger partial charge >= 0.3 is 5.97 Å². The maximum Gasteiger partial charge on any atom is 0.339 e.